The molecular weight excluding hydrogens is 298 g/mol. The van der Waals surface area contributed by atoms with E-state index in [2.05, 4.69) is 16.5 Å². The predicted molar refractivity (Wildman–Crippen MR) is 81.2 cm³/mol. The van der Waals surface area contributed by atoms with Gasteiger partial charge in [-0.05, 0) is 25.8 Å². The summed E-state index contributed by atoms with van der Waals surface area (Å²) in [4.78, 5) is 4.57. The van der Waals surface area contributed by atoms with Crippen LogP contribution in [-0.2, 0) is 12.0 Å². The lowest BCUT2D eigenvalue weighted by atomic mass is 9.99. The zero-order valence-corrected chi connectivity index (χ0v) is 12.9. The zero-order valence-electron chi connectivity index (χ0n) is 11.4. The highest BCUT2D eigenvalue weighted by Gasteiger charge is 2.34. The van der Waals surface area contributed by atoms with Crippen molar-refractivity contribution in [1.29, 1.82) is 0 Å². The summed E-state index contributed by atoms with van der Waals surface area (Å²) in [6.45, 7) is 2.25. The Kier molecular flexibility index (Phi) is 3.67. The molecule has 1 aromatic carbocycles. The Bertz CT molecular complexity index is 645. The number of nitrogens with zero attached hydrogens (tertiary/aromatic N) is 2. The van der Waals surface area contributed by atoms with Crippen LogP contribution in [0.15, 0.2) is 12.1 Å². The second-order valence-electron chi connectivity index (χ2n) is 5.76. The number of hydrogen-bond acceptors (Lipinski definition) is 1. The second kappa shape index (κ2) is 5.19. The van der Waals surface area contributed by atoms with E-state index in [-0.39, 0.29) is 10.6 Å². The van der Waals surface area contributed by atoms with Crippen LogP contribution in [0.2, 0.25) is 5.02 Å². The number of imidazole rings is 1. The van der Waals surface area contributed by atoms with Crippen LogP contribution in [0, 0.1) is 5.82 Å². The predicted octanol–water partition coefficient (Wildman–Crippen LogP) is 4.90. The highest BCUT2D eigenvalue weighted by atomic mass is 35.5. The van der Waals surface area contributed by atoms with Crippen LogP contribution in [0.5, 0.6) is 0 Å². The van der Waals surface area contributed by atoms with E-state index in [1.54, 1.807) is 6.07 Å². The van der Waals surface area contributed by atoms with Crippen molar-refractivity contribution in [1.82, 2.24) is 9.55 Å². The smallest absolute Gasteiger partial charge is 0.144 e. The van der Waals surface area contributed by atoms with Crippen molar-refractivity contribution in [3.63, 3.8) is 0 Å². The van der Waals surface area contributed by atoms with Gasteiger partial charge in [-0.1, -0.05) is 24.4 Å². The van der Waals surface area contributed by atoms with Crippen molar-refractivity contribution in [2.75, 3.05) is 5.88 Å². The molecule has 0 saturated heterocycles. The molecule has 0 N–H and O–H groups in total. The Morgan fingerprint density at radius 3 is 2.70 bits per heavy atom. The van der Waals surface area contributed by atoms with Crippen LogP contribution in [0.4, 0.5) is 4.39 Å². The molecule has 0 bridgehead atoms. The molecule has 3 rings (SSSR count). The molecule has 5 heteroatoms. The summed E-state index contributed by atoms with van der Waals surface area (Å²) in [6.07, 6.45) is 5.34. The van der Waals surface area contributed by atoms with E-state index in [0.717, 1.165) is 24.2 Å². The Morgan fingerprint density at radius 2 is 2.05 bits per heavy atom. The zero-order chi connectivity index (χ0) is 14.3. The number of halogens is 3. The molecule has 1 aliphatic carbocycles. The maximum Gasteiger partial charge on any atom is 0.144 e. The molecule has 1 heterocycles. The average molecular weight is 315 g/mol. The van der Waals surface area contributed by atoms with Crippen LogP contribution in [0.3, 0.4) is 0 Å². The Labute approximate surface area is 127 Å². The number of benzene rings is 1. The summed E-state index contributed by atoms with van der Waals surface area (Å²) in [5.41, 5.74) is 1.62. The van der Waals surface area contributed by atoms with Gasteiger partial charge in [0.1, 0.15) is 11.6 Å². The van der Waals surface area contributed by atoms with E-state index < -0.39 is 5.82 Å². The molecule has 1 saturated carbocycles. The fourth-order valence-electron chi connectivity index (χ4n) is 3.34. The van der Waals surface area contributed by atoms with Crippen molar-refractivity contribution in [2.24, 2.45) is 0 Å². The van der Waals surface area contributed by atoms with Crippen LogP contribution in [-0.4, -0.2) is 15.4 Å². The summed E-state index contributed by atoms with van der Waals surface area (Å²) in [6, 6.07) is 3.12. The molecule has 0 atom stereocenters. The lowest BCUT2D eigenvalue weighted by Crippen LogP contribution is -2.28. The van der Waals surface area contributed by atoms with E-state index in [0.29, 0.717) is 17.8 Å². The van der Waals surface area contributed by atoms with E-state index in [9.17, 15) is 4.39 Å². The third-order valence-electron chi connectivity index (χ3n) is 4.30. The third-order valence-corrected chi connectivity index (χ3v) is 4.78. The van der Waals surface area contributed by atoms with E-state index >= 15 is 0 Å². The number of fused-ring (bicyclic) bond motifs is 1. The SMILES string of the molecule is CC1(n2c(CCCl)nc3cc(F)c(Cl)cc32)CCCC1. The topological polar surface area (TPSA) is 17.8 Å². The van der Waals surface area contributed by atoms with Crippen molar-refractivity contribution >= 4 is 34.2 Å². The molecule has 108 valence electrons. The van der Waals surface area contributed by atoms with Gasteiger partial charge < -0.3 is 4.57 Å². The summed E-state index contributed by atoms with van der Waals surface area (Å²) < 4.78 is 15.9. The Morgan fingerprint density at radius 1 is 1.35 bits per heavy atom. The Hall–Kier alpha value is -0.800. The highest BCUT2D eigenvalue weighted by molar-refractivity contribution is 6.31. The number of rotatable bonds is 3. The first-order chi connectivity index (χ1) is 9.55. The van der Waals surface area contributed by atoms with Gasteiger partial charge >= 0.3 is 0 Å². The van der Waals surface area contributed by atoms with Gasteiger partial charge in [0.25, 0.3) is 0 Å². The summed E-state index contributed by atoms with van der Waals surface area (Å²) in [5.74, 6) is 1.02. The molecule has 0 amide bonds. The van der Waals surface area contributed by atoms with Gasteiger partial charge in [0, 0.05) is 23.9 Å². The van der Waals surface area contributed by atoms with Gasteiger partial charge in [0.05, 0.1) is 16.1 Å². The molecule has 1 fully saturated rings. The highest BCUT2D eigenvalue weighted by Crippen LogP contribution is 2.40. The molecule has 0 radical (unpaired) electrons. The first-order valence-corrected chi connectivity index (χ1v) is 7.89. The van der Waals surface area contributed by atoms with Crippen molar-refractivity contribution in [2.45, 2.75) is 44.6 Å². The standard InChI is InChI=1S/C15H17Cl2FN2/c1-15(5-2-3-6-15)20-13-8-10(17)11(18)9-12(13)19-14(20)4-7-16/h8-9H,2-7H2,1H3. The molecule has 20 heavy (non-hydrogen) atoms. The minimum absolute atomic E-state index is 0.0390. The molecule has 0 unspecified atom stereocenters. The molecule has 1 aromatic heterocycles. The maximum atomic E-state index is 13.6. The molecule has 2 aromatic rings. The largest absolute Gasteiger partial charge is 0.322 e. The van der Waals surface area contributed by atoms with Crippen molar-refractivity contribution < 1.29 is 4.39 Å². The van der Waals surface area contributed by atoms with Gasteiger partial charge in [0.2, 0.25) is 0 Å². The van der Waals surface area contributed by atoms with Gasteiger partial charge in [0.15, 0.2) is 0 Å². The minimum atomic E-state index is -0.419. The summed E-state index contributed by atoms with van der Waals surface area (Å²) in [5, 5.41) is 0.151. The van der Waals surface area contributed by atoms with Crippen molar-refractivity contribution in [3.8, 4) is 0 Å². The lowest BCUT2D eigenvalue weighted by Gasteiger charge is -2.29. The van der Waals surface area contributed by atoms with Gasteiger partial charge in [-0.2, -0.15) is 0 Å². The van der Waals surface area contributed by atoms with E-state index in [4.69, 9.17) is 23.2 Å². The van der Waals surface area contributed by atoms with Crippen LogP contribution < -0.4 is 0 Å². The van der Waals surface area contributed by atoms with Crippen LogP contribution in [0.25, 0.3) is 11.0 Å². The van der Waals surface area contributed by atoms with E-state index in [1.807, 2.05) is 0 Å². The van der Waals surface area contributed by atoms with Crippen LogP contribution in [0.1, 0.15) is 38.4 Å². The second-order valence-corrected chi connectivity index (χ2v) is 6.55. The molecule has 0 aliphatic heterocycles. The first kappa shape index (κ1) is 14.2. The van der Waals surface area contributed by atoms with Gasteiger partial charge in [-0.15, -0.1) is 11.6 Å². The maximum absolute atomic E-state index is 13.6. The van der Waals surface area contributed by atoms with Gasteiger partial charge in [-0.25, -0.2) is 9.37 Å². The fourth-order valence-corrected chi connectivity index (χ4v) is 3.66. The molecule has 1 aliphatic rings. The van der Waals surface area contributed by atoms with E-state index in [1.165, 1.54) is 18.9 Å². The molecular formula is C15H17Cl2FN2. The minimum Gasteiger partial charge on any atom is -0.322 e. The van der Waals surface area contributed by atoms with Crippen molar-refractivity contribution in [3.05, 3.63) is 28.8 Å². The van der Waals surface area contributed by atoms with Gasteiger partial charge in [-0.3, -0.25) is 0 Å². The monoisotopic (exact) mass is 314 g/mol. The molecule has 2 nitrogen and oxygen atoms in total. The number of alkyl halides is 1. The fraction of sp³-hybridized carbons (Fsp3) is 0.533. The Balaban J connectivity index is 2.25. The quantitative estimate of drug-likeness (QED) is 0.737. The summed E-state index contributed by atoms with van der Waals surface area (Å²) >= 11 is 11.9. The number of aryl methyl sites for hydroxylation is 1. The third kappa shape index (κ3) is 2.21. The lowest BCUT2D eigenvalue weighted by molar-refractivity contribution is 0.329. The number of hydrogen-bond donors (Lipinski definition) is 0. The first-order valence-electron chi connectivity index (χ1n) is 6.98. The average Bonchev–Trinajstić information content (AvgIpc) is 2.96. The van der Waals surface area contributed by atoms with Crippen LogP contribution >= 0.6 is 23.2 Å². The molecule has 0 spiro atoms. The normalized spacial score (nSPS) is 18.0. The number of aromatic nitrogens is 2. The summed E-state index contributed by atoms with van der Waals surface area (Å²) in [7, 11) is 0.